The predicted octanol–water partition coefficient (Wildman–Crippen LogP) is 1.71. The van der Waals surface area contributed by atoms with Crippen LogP contribution in [0, 0.1) is 0 Å². The number of amides is 1. The lowest BCUT2D eigenvalue weighted by molar-refractivity contribution is -0.137. The fourth-order valence-corrected chi connectivity index (χ4v) is 3.21. The molecule has 1 saturated heterocycles. The van der Waals surface area contributed by atoms with Gasteiger partial charge in [0.15, 0.2) is 6.61 Å². The van der Waals surface area contributed by atoms with E-state index in [-0.39, 0.29) is 12.5 Å². The summed E-state index contributed by atoms with van der Waals surface area (Å²) in [5.41, 5.74) is 0.704. The van der Waals surface area contributed by atoms with Crippen LogP contribution >= 0.6 is 11.3 Å². The smallest absolute Gasteiger partial charge is 0.367 e. The van der Waals surface area contributed by atoms with Crippen molar-refractivity contribution in [3.05, 3.63) is 23.2 Å². The second-order valence-corrected chi connectivity index (χ2v) is 6.18. The van der Waals surface area contributed by atoms with Gasteiger partial charge in [-0.2, -0.15) is 0 Å². The molecule has 2 heterocycles. The van der Waals surface area contributed by atoms with Crippen molar-refractivity contribution in [2.24, 2.45) is 0 Å². The molecule has 1 amide bonds. The van der Waals surface area contributed by atoms with Gasteiger partial charge in [-0.05, 0) is 25.1 Å². The van der Waals surface area contributed by atoms with Gasteiger partial charge in [0.25, 0.3) is 5.91 Å². The fourth-order valence-electron chi connectivity index (χ4n) is 2.32. The Labute approximate surface area is 143 Å². The van der Waals surface area contributed by atoms with E-state index >= 15 is 0 Å². The van der Waals surface area contributed by atoms with Gasteiger partial charge in [-0.3, -0.25) is 4.79 Å². The van der Waals surface area contributed by atoms with Gasteiger partial charge in [-0.15, -0.1) is 11.3 Å². The standard InChI is InChI=1S/C16H18N2O5S/c1-2-22-16(20)15-17-12-4-3-11(9-13(12)24-15)23-10-14(19)18-5-7-21-8-6-18/h3-4,9H,2,5-8,10H2,1H3. The van der Waals surface area contributed by atoms with Crippen molar-refractivity contribution >= 4 is 33.4 Å². The van der Waals surface area contributed by atoms with Gasteiger partial charge < -0.3 is 19.1 Å². The summed E-state index contributed by atoms with van der Waals surface area (Å²) in [4.78, 5) is 29.8. The monoisotopic (exact) mass is 350 g/mol. The molecule has 0 saturated carbocycles. The Hall–Kier alpha value is -2.19. The van der Waals surface area contributed by atoms with Crippen molar-refractivity contribution in [2.75, 3.05) is 39.5 Å². The molecule has 1 aliphatic rings. The Morgan fingerprint density at radius 2 is 2.12 bits per heavy atom. The number of carbonyl (C=O) groups is 2. The molecule has 1 fully saturated rings. The molecule has 1 aliphatic heterocycles. The summed E-state index contributed by atoms with van der Waals surface area (Å²) in [5, 5.41) is 0.313. The van der Waals surface area contributed by atoms with Gasteiger partial charge in [0.2, 0.25) is 5.01 Å². The van der Waals surface area contributed by atoms with E-state index in [0.717, 1.165) is 4.70 Å². The van der Waals surface area contributed by atoms with E-state index in [0.29, 0.717) is 49.2 Å². The highest BCUT2D eigenvalue weighted by molar-refractivity contribution is 7.20. The molecule has 1 aromatic heterocycles. The highest BCUT2D eigenvalue weighted by Gasteiger charge is 2.18. The van der Waals surface area contributed by atoms with Crippen LogP contribution in [0.2, 0.25) is 0 Å². The van der Waals surface area contributed by atoms with Gasteiger partial charge in [0, 0.05) is 13.1 Å². The van der Waals surface area contributed by atoms with Gasteiger partial charge in [0.1, 0.15) is 5.75 Å². The van der Waals surface area contributed by atoms with Crippen LogP contribution in [0.15, 0.2) is 18.2 Å². The second kappa shape index (κ2) is 7.59. The van der Waals surface area contributed by atoms with Crippen molar-refractivity contribution in [1.29, 1.82) is 0 Å². The van der Waals surface area contributed by atoms with E-state index in [9.17, 15) is 9.59 Å². The number of morpholine rings is 1. The van der Waals surface area contributed by atoms with E-state index in [2.05, 4.69) is 4.98 Å². The maximum atomic E-state index is 12.1. The molecule has 3 rings (SSSR count). The van der Waals surface area contributed by atoms with Crippen molar-refractivity contribution in [3.63, 3.8) is 0 Å². The Morgan fingerprint density at radius 1 is 1.33 bits per heavy atom. The maximum Gasteiger partial charge on any atom is 0.367 e. The lowest BCUT2D eigenvalue weighted by Crippen LogP contribution is -2.42. The molecule has 0 aliphatic carbocycles. The first-order chi connectivity index (χ1) is 11.7. The predicted molar refractivity (Wildman–Crippen MR) is 88.5 cm³/mol. The molecule has 8 heteroatoms. The van der Waals surface area contributed by atoms with E-state index in [4.69, 9.17) is 14.2 Å². The van der Waals surface area contributed by atoms with Crippen LogP contribution in [0.1, 0.15) is 16.7 Å². The summed E-state index contributed by atoms with van der Waals surface area (Å²) in [7, 11) is 0. The molecule has 0 N–H and O–H groups in total. The quantitative estimate of drug-likeness (QED) is 0.764. The van der Waals surface area contributed by atoms with Crippen LogP contribution < -0.4 is 4.74 Å². The van der Waals surface area contributed by atoms with E-state index in [1.807, 2.05) is 0 Å². The zero-order valence-electron chi connectivity index (χ0n) is 13.3. The number of rotatable bonds is 5. The van der Waals surface area contributed by atoms with Gasteiger partial charge >= 0.3 is 5.97 Å². The lowest BCUT2D eigenvalue weighted by Gasteiger charge is -2.26. The van der Waals surface area contributed by atoms with Crippen molar-refractivity contribution in [3.8, 4) is 5.75 Å². The Morgan fingerprint density at radius 3 is 2.88 bits per heavy atom. The van der Waals surface area contributed by atoms with Crippen LogP contribution in [-0.2, 0) is 14.3 Å². The first-order valence-corrected chi connectivity index (χ1v) is 8.55. The first kappa shape index (κ1) is 16.7. The van der Waals surface area contributed by atoms with Crippen LogP contribution in [0.4, 0.5) is 0 Å². The molecule has 7 nitrogen and oxygen atoms in total. The molecule has 24 heavy (non-hydrogen) atoms. The minimum Gasteiger partial charge on any atom is -0.484 e. The zero-order valence-corrected chi connectivity index (χ0v) is 14.1. The van der Waals surface area contributed by atoms with Crippen LogP contribution in [0.5, 0.6) is 5.75 Å². The number of carbonyl (C=O) groups excluding carboxylic acids is 2. The molecule has 128 valence electrons. The molecule has 2 aromatic rings. The summed E-state index contributed by atoms with van der Waals surface area (Å²) >= 11 is 1.24. The van der Waals surface area contributed by atoms with E-state index < -0.39 is 5.97 Å². The van der Waals surface area contributed by atoms with Gasteiger partial charge in [-0.1, -0.05) is 0 Å². The highest BCUT2D eigenvalue weighted by Crippen LogP contribution is 2.27. The third-order valence-corrected chi connectivity index (χ3v) is 4.53. The summed E-state index contributed by atoms with van der Waals surface area (Å²) in [6, 6.07) is 5.29. The third-order valence-electron chi connectivity index (χ3n) is 3.54. The number of hydrogen-bond acceptors (Lipinski definition) is 7. The average molecular weight is 350 g/mol. The Kier molecular flexibility index (Phi) is 5.27. The zero-order chi connectivity index (χ0) is 16.9. The number of esters is 1. The average Bonchev–Trinajstić information content (AvgIpc) is 3.04. The number of thiazole rings is 1. The lowest BCUT2D eigenvalue weighted by atomic mass is 10.3. The number of ether oxygens (including phenoxy) is 3. The minimum absolute atomic E-state index is 0.0188. The number of nitrogens with zero attached hydrogens (tertiary/aromatic N) is 2. The minimum atomic E-state index is -0.427. The van der Waals surface area contributed by atoms with Crippen LogP contribution in [-0.4, -0.2) is 61.3 Å². The molecule has 0 bridgehead atoms. The van der Waals surface area contributed by atoms with Gasteiger partial charge in [0.05, 0.1) is 30.0 Å². The molecular weight excluding hydrogens is 332 g/mol. The number of fused-ring (bicyclic) bond motifs is 1. The first-order valence-electron chi connectivity index (χ1n) is 7.73. The molecule has 0 atom stereocenters. The largest absolute Gasteiger partial charge is 0.484 e. The second-order valence-electron chi connectivity index (χ2n) is 5.15. The number of hydrogen-bond donors (Lipinski definition) is 0. The number of benzene rings is 1. The summed E-state index contributed by atoms with van der Waals surface area (Å²) in [5.74, 6) is 0.0850. The Balaban J connectivity index is 1.64. The third kappa shape index (κ3) is 3.82. The summed E-state index contributed by atoms with van der Waals surface area (Å²) in [6.07, 6.45) is 0. The van der Waals surface area contributed by atoms with Crippen LogP contribution in [0.3, 0.4) is 0 Å². The number of aromatic nitrogens is 1. The van der Waals surface area contributed by atoms with E-state index in [1.165, 1.54) is 11.3 Å². The summed E-state index contributed by atoms with van der Waals surface area (Å²) in [6.45, 7) is 4.37. The topological polar surface area (TPSA) is 78.0 Å². The SMILES string of the molecule is CCOC(=O)c1nc2ccc(OCC(=O)N3CCOCC3)cc2s1. The molecule has 0 spiro atoms. The van der Waals surface area contributed by atoms with Crippen molar-refractivity contribution in [2.45, 2.75) is 6.92 Å². The van der Waals surface area contributed by atoms with E-state index in [1.54, 1.807) is 30.0 Å². The molecule has 0 unspecified atom stereocenters. The highest BCUT2D eigenvalue weighted by atomic mass is 32.1. The van der Waals surface area contributed by atoms with Crippen LogP contribution in [0.25, 0.3) is 10.2 Å². The molecule has 1 aromatic carbocycles. The fraction of sp³-hybridized carbons (Fsp3) is 0.438. The van der Waals surface area contributed by atoms with Crippen molar-refractivity contribution in [1.82, 2.24) is 9.88 Å². The molecular formula is C16H18N2O5S. The summed E-state index contributed by atoms with van der Waals surface area (Å²) < 4.78 is 16.6. The maximum absolute atomic E-state index is 12.1. The van der Waals surface area contributed by atoms with Gasteiger partial charge in [-0.25, -0.2) is 9.78 Å². The van der Waals surface area contributed by atoms with Crippen molar-refractivity contribution < 1.29 is 23.8 Å². The normalized spacial score (nSPS) is 14.6. The molecule has 0 radical (unpaired) electrons. The Bertz CT molecular complexity index is 739.